The minimum atomic E-state index is -1.52. The van der Waals surface area contributed by atoms with E-state index in [2.05, 4.69) is 42.2 Å². The van der Waals surface area contributed by atoms with E-state index in [-0.39, 0.29) is 5.56 Å². The molecule has 1 aliphatic heterocycles. The molecule has 170 valence electrons. The number of benzene rings is 2. The smallest absolute Gasteiger partial charge is 0.266 e. The zero-order chi connectivity index (χ0) is 23.2. The molecule has 9 nitrogen and oxygen atoms in total. The lowest BCUT2D eigenvalue weighted by Gasteiger charge is -2.40. The van der Waals surface area contributed by atoms with Crippen molar-refractivity contribution in [2.24, 2.45) is 0 Å². The second kappa shape index (κ2) is 9.18. The van der Waals surface area contributed by atoms with Gasteiger partial charge in [-0.2, -0.15) is 0 Å². The number of nitrogens with zero attached hydrogens (tertiary/aromatic N) is 2. The molecule has 0 amide bonds. The normalized spacial score (nSPS) is 25.8. The van der Waals surface area contributed by atoms with Gasteiger partial charge < -0.3 is 30.5 Å². The Morgan fingerprint density at radius 1 is 1.12 bits per heavy atom. The monoisotopic (exact) mass is 569 g/mol. The Morgan fingerprint density at radius 3 is 2.56 bits per heavy atom. The number of anilines is 1. The fraction of sp³-hybridized carbons (Fsp3) is 0.333. The summed E-state index contributed by atoms with van der Waals surface area (Å²) in [7, 11) is 0. The molecule has 0 unspecified atom stereocenters. The van der Waals surface area contributed by atoms with E-state index in [0.717, 1.165) is 4.47 Å². The van der Waals surface area contributed by atoms with Crippen molar-refractivity contribution in [3.8, 4) is 5.69 Å². The minimum Gasteiger partial charge on any atom is -0.394 e. The predicted octanol–water partition coefficient (Wildman–Crippen LogP) is 1.43. The number of para-hydroxylation sites is 2. The lowest BCUT2D eigenvalue weighted by Crippen LogP contribution is -2.60. The second-order valence-electron chi connectivity index (χ2n) is 7.49. The van der Waals surface area contributed by atoms with Crippen molar-refractivity contribution in [1.82, 2.24) is 9.55 Å². The minimum absolute atomic E-state index is 0.294. The lowest BCUT2D eigenvalue weighted by molar-refractivity contribution is -0.221. The van der Waals surface area contributed by atoms with Crippen molar-refractivity contribution in [3.05, 3.63) is 61.5 Å². The summed E-state index contributed by atoms with van der Waals surface area (Å²) in [6.45, 7) is 1.17. The molecule has 5 atom stereocenters. The molecule has 2 aromatic carbocycles. The molecule has 0 spiro atoms. The summed E-state index contributed by atoms with van der Waals surface area (Å²) in [5.41, 5.74) is 1.12. The van der Waals surface area contributed by atoms with E-state index in [4.69, 9.17) is 4.74 Å². The maximum atomic E-state index is 13.4. The van der Waals surface area contributed by atoms with Gasteiger partial charge in [-0.1, -0.05) is 28.1 Å². The second-order valence-corrected chi connectivity index (χ2v) is 9.26. The van der Waals surface area contributed by atoms with Crippen LogP contribution in [0.2, 0.25) is 0 Å². The maximum absolute atomic E-state index is 13.4. The molecule has 4 rings (SSSR count). The highest BCUT2D eigenvalue weighted by molar-refractivity contribution is 9.11. The van der Waals surface area contributed by atoms with Crippen LogP contribution in [-0.2, 0) is 4.74 Å². The van der Waals surface area contributed by atoms with Gasteiger partial charge in [0.1, 0.15) is 30.2 Å². The topological polar surface area (TPSA) is 137 Å². The van der Waals surface area contributed by atoms with Gasteiger partial charge in [0.15, 0.2) is 6.23 Å². The van der Waals surface area contributed by atoms with Crippen LogP contribution in [0.25, 0.3) is 16.6 Å². The first-order valence-corrected chi connectivity index (χ1v) is 11.4. The summed E-state index contributed by atoms with van der Waals surface area (Å²) in [5.74, 6) is 0.438. The number of nitrogens with one attached hydrogen (secondary N) is 1. The number of aliphatic hydroxyl groups excluding tert-OH is 4. The zero-order valence-electron chi connectivity index (χ0n) is 16.8. The third-order valence-electron chi connectivity index (χ3n) is 5.39. The maximum Gasteiger partial charge on any atom is 0.266 e. The van der Waals surface area contributed by atoms with Crippen LogP contribution < -0.4 is 10.9 Å². The van der Waals surface area contributed by atoms with E-state index in [1.54, 1.807) is 37.3 Å². The first-order valence-electron chi connectivity index (χ1n) is 9.77. The molecule has 0 bridgehead atoms. The molecule has 0 aliphatic carbocycles. The van der Waals surface area contributed by atoms with Crippen molar-refractivity contribution in [2.45, 2.75) is 37.6 Å². The summed E-state index contributed by atoms with van der Waals surface area (Å²) in [4.78, 5) is 18.0. The molecule has 1 aromatic heterocycles. The summed E-state index contributed by atoms with van der Waals surface area (Å²) in [6.07, 6.45) is -6.65. The number of hydrogen-bond donors (Lipinski definition) is 5. The van der Waals surface area contributed by atoms with E-state index in [1.807, 2.05) is 6.07 Å². The van der Waals surface area contributed by atoms with Gasteiger partial charge in [-0.15, -0.1) is 0 Å². The Labute approximate surface area is 199 Å². The lowest BCUT2D eigenvalue weighted by atomic mass is 9.98. The Bertz CT molecular complexity index is 1220. The SMILES string of the molecule is Cc1nc2c(Br)cc(Br)cc2c(=O)n1-c1ccccc1N[C@@H]1O[C@@H](CO)[C@@H](O)[C@@H](O)[C@H]1O. The molecule has 2 heterocycles. The molecule has 5 N–H and O–H groups in total. The molecular formula is C21H21Br2N3O6. The van der Waals surface area contributed by atoms with E-state index < -0.39 is 37.3 Å². The summed E-state index contributed by atoms with van der Waals surface area (Å²) >= 11 is 6.84. The molecule has 0 radical (unpaired) electrons. The van der Waals surface area contributed by atoms with Gasteiger partial charge in [0.25, 0.3) is 5.56 Å². The van der Waals surface area contributed by atoms with Crippen molar-refractivity contribution < 1.29 is 25.2 Å². The molecule has 3 aromatic rings. The highest BCUT2D eigenvalue weighted by Gasteiger charge is 2.43. The van der Waals surface area contributed by atoms with Crippen LogP contribution in [0.4, 0.5) is 5.69 Å². The average Bonchev–Trinajstić information content (AvgIpc) is 2.76. The number of ether oxygens (including phenoxy) is 1. The van der Waals surface area contributed by atoms with Crippen molar-refractivity contribution in [3.63, 3.8) is 0 Å². The van der Waals surface area contributed by atoms with Gasteiger partial charge in [0.05, 0.1) is 28.9 Å². The van der Waals surface area contributed by atoms with Crippen LogP contribution in [0.3, 0.4) is 0 Å². The first-order chi connectivity index (χ1) is 15.2. The number of rotatable bonds is 4. The molecule has 1 saturated heterocycles. The number of aromatic nitrogens is 2. The summed E-state index contributed by atoms with van der Waals surface area (Å²) < 4.78 is 8.39. The van der Waals surface area contributed by atoms with Crippen LogP contribution >= 0.6 is 31.9 Å². The Hall–Kier alpha value is -1.86. The highest BCUT2D eigenvalue weighted by atomic mass is 79.9. The Balaban J connectivity index is 1.80. The fourth-order valence-electron chi connectivity index (χ4n) is 3.77. The number of hydrogen-bond acceptors (Lipinski definition) is 8. The fourth-order valence-corrected chi connectivity index (χ4v) is 5.08. The van der Waals surface area contributed by atoms with Crippen LogP contribution in [0.15, 0.2) is 50.1 Å². The zero-order valence-corrected chi connectivity index (χ0v) is 20.0. The molecule has 11 heteroatoms. The Morgan fingerprint density at radius 2 is 1.84 bits per heavy atom. The number of halogens is 2. The third kappa shape index (κ3) is 4.10. The van der Waals surface area contributed by atoms with Crippen LogP contribution in [0, 0.1) is 6.92 Å². The van der Waals surface area contributed by atoms with Gasteiger partial charge in [-0.25, -0.2) is 4.98 Å². The van der Waals surface area contributed by atoms with Crippen molar-refractivity contribution in [2.75, 3.05) is 11.9 Å². The molecular weight excluding hydrogens is 550 g/mol. The number of aryl methyl sites for hydroxylation is 1. The Kier molecular flexibility index (Phi) is 6.68. The molecule has 1 aliphatic rings. The van der Waals surface area contributed by atoms with Crippen molar-refractivity contribution in [1.29, 1.82) is 0 Å². The third-order valence-corrected chi connectivity index (χ3v) is 6.46. The van der Waals surface area contributed by atoms with Gasteiger partial charge in [-0.3, -0.25) is 9.36 Å². The van der Waals surface area contributed by atoms with Gasteiger partial charge in [0, 0.05) is 8.95 Å². The largest absolute Gasteiger partial charge is 0.394 e. The van der Waals surface area contributed by atoms with Gasteiger partial charge in [-0.05, 0) is 47.1 Å². The predicted molar refractivity (Wildman–Crippen MR) is 125 cm³/mol. The quantitative estimate of drug-likeness (QED) is 0.318. The van der Waals surface area contributed by atoms with Gasteiger partial charge >= 0.3 is 0 Å². The van der Waals surface area contributed by atoms with E-state index in [0.29, 0.717) is 32.6 Å². The van der Waals surface area contributed by atoms with E-state index in [1.165, 1.54) is 4.57 Å². The van der Waals surface area contributed by atoms with E-state index in [9.17, 15) is 25.2 Å². The van der Waals surface area contributed by atoms with Gasteiger partial charge in [0.2, 0.25) is 0 Å². The average molecular weight is 571 g/mol. The number of aliphatic hydroxyl groups is 4. The standard InChI is InChI=1S/C21H21Br2N3O6/c1-9-24-16-11(6-10(22)7-12(16)23)21(31)26(9)14-5-3-2-4-13(14)25-20-19(30)18(29)17(28)15(8-27)32-20/h2-7,15,17-20,25,27-30H,8H2,1H3/t15-,17+,18+,19+,20+/m0/s1. The molecule has 32 heavy (non-hydrogen) atoms. The molecule has 0 saturated carbocycles. The van der Waals surface area contributed by atoms with Crippen LogP contribution in [-0.4, -0.2) is 67.2 Å². The van der Waals surface area contributed by atoms with E-state index >= 15 is 0 Å². The molecule has 1 fully saturated rings. The highest BCUT2D eigenvalue weighted by Crippen LogP contribution is 2.29. The summed E-state index contributed by atoms with van der Waals surface area (Å²) in [5, 5.41) is 43.3. The van der Waals surface area contributed by atoms with Crippen LogP contribution in [0.5, 0.6) is 0 Å². The van der Waals surface area contributed by atoms with Crippen LogP contribution in [0.1, 0.15) is 5.82 Å². The number of fused-ring (bicyclic) bond motifs is 1. The first kappa shape index (κ1) is 23.3. The summed E-state index contributed by atoms with van der Waals surface area (Å²) in [6, 6.07) is 10.4. The van der Waals surface area contributed by atoms with Crippen molar-refractivity contribution >= 4 is 48.5 Å².